The summed E-state index contributed by atoms with van der Waals surface area (Å²) < 4.78 is 0. The molecule has 0 radical (unpaired) electrons. The minimum Gasteiger partial charge on any atom is -0.370 e. The van der Waals surface area contributed by atoms with Crippen LogP contribution in [0.25, 0.3) is 11.5 Å². The van der Waals surface area contributed by atoms with E-state index >= 15 is 0 Å². The first-order valence-corrected chi connectivity index (χ1v) is 7.92. The second-order valence-electron chi connectivity index (χ2n) is 5.29. The molecule has 1 aliphatic rings. The fourth-order valence-corrected chi connectivity index (χ4v) is 2.85. The zero-order chi connectivity index (χ0) is 14.7. The highest BCUT2D eigenvalue weighted by Crippen LogP contribution is 2.30. The number of aryl methyl sites for hydroxylation is 1. The van der Waals surface area contributed by atoms with Crippen molar-refractivity contribution >= 4 is 17.4 Å². The summed E-state index contributed by atoms with van der Waals surface area (Å²) in [5.41, 5.74) is 3.07. The first-order chi connectivity index (χ1) is 10.3. The number of hydrogen-bond acceptors (Lipinski definition) is 4. The van der Waals surface area contributed by atoms with Gasteiger partial charge in [0.2, 0.25) is 0 Å². The van der Waals surface area contributed by atoms with E-state index in [1.165, 1.54) is 18.4 Å². The minimum atomic E-state index is 0.592. The van der Waals surface area contributed by atoms with Crippen LogP contribution in [0.3, 0.4) is 0 Å². The van der Waals surface area contributed by atoms with E-state index in [-0.39, 0.29) is 0 Å². The lowest BCUT2D eigenvalue weighted by atomic mass is 9.96. The van der Waals surface area contributed by atoms with Crippen LogP contribution in [0.5, 0.6) is 0 Å². The highest BCUT2D eigenvalue weighted by molar-refractivity contribution is 6.32. The largest absolute Gasteiger partial charge is 0.370 e. The minimum absolute atomic E-state index is 0.592. The van der Waals surface area contributed by atoms with Gasteiger partial charge < -0.3 is 5.32 Å². The zero-order valence-electron chi connectivity index (χ0n) is 12.2. The average molecular weight is 303 g/mol. The number of aromatic nitrogens is 3. The molecular weight excluding hydrogens is 284 g/mol. The summed E-state index contributed by atoms with van der Waals surface area (Å²) in [5.74, 6) is 1.58. The van der Waals surface area contributed by atoms with Gasteiger partial charge in [0.1, 0.15) is 11.5 Å². The normalized spacial score (nSPS) is 13.8. The average Bonchev–Trinajstić information content (AvgIpc) is 2.53. The quantitative estimate of drug-likeness (QED) is 0.931. The molecule has 1 N–H and O–H groups in total. The van der Waals surface area contributed by atoms with Gasteiger partial charge in [-0.3, -0.25) is 4.98 Å². The van der Waals surface area contributed by atoms with Gasteiger partial charge in [0.25, 0.3) is 0 Å². The third kappa shape index (κ3) is 3.00. The summed E-state index contributed by atoms with van der Waals surface area (Å²) in [4.78, 5) is 13.7. The number of anilines is 1. The number of nitrogens with zero attached hydrogens (tertiary/aromatic N) is 3. The molecule has 0 bridgehead atoms. The van der Waals surface area contributed by atoms with E-state index in [0.717, 1.165) is 37.3 Å². The summed E-state index contributed by atoms with van der Waals surface area (Å²) >= 11 is 6.24. The maximum absolute atomic E-state index is 6.24. The van der Waals surface area contributed by atoms with Crippen LogP contribution in [-0.2, 0) is 12.8 Å². The number of fused-ring (bicyclic) bond motifs is 1. The van der Waals surface area contributed by atoms with Crippen molar-refractivity contribution in [3.8, 4) is 11.5 Å². The van der Waals surface area contributed by atoms with Crippen LogP contribution in [0.15, 0.2) is 18.3 Å². The van der Waals surface area contributed by atoms with Gasteiger partial charge in [-0.1, -0.05) is 18.5 Å². The Balaban J connectivity index is 2.07. The first kappa shape index (κ1) is 14.3. The molecule has 0 aliphatic heterocycles. The van der Waals surface area contributed by atoms with Gasteiger partial charge in [-0.15, -0.1) is 0 Å². The lowest BCUT2D eigenvalue weighted by Crippen LogP contribution is -2.14. The smallest absolute Gasteiger partial charge is 0.181 e. The fraction of sp³-hybridized carbons (Fsp3) is 0.438. The Morgan fingerprint density at radius 2 is 2.10 bits per heavy atom. The molecule has 2 aromatic heterocycles. The van der Waals surface area contributed by atoms with Crippen LogP contribution in [0.2, 0.25) is 5.02 Å². The molecule has 0 aromatic carbocycles. The molecule has 0 fully saturated rings. The Bertz CT molecular complexity index is 642. The topological polar surface area (TPSA) is 50.7 Å². The highest BCUT2D eigenvalue weighted by Gasteiger charge is 2.19. The van der Waals surface area contributed by atoms with Crippen molar-refractivity contribution in [2.75, 3.05) is 11.9 Å². The molecule has 0 amide bonds. The summed E-state index contributed by atoms with van der Waals surface area (Å²) in [7, 11) is 0. The van der Waals surface area contributed by atoms with Crippen LogP contribution in [0, 0.1) is 0 Å². The van der Waals surface area contributed by atoms with Crippen molar-refractivity contribution in [3.05, 3.63) is 34.6 Å². The van der Waals surface area contributed by atoms with Gasteiger partial charge in [-0.2, -0.15) is 0 Å². The Morgan fingerprint density at radius 3 is 2.90 bits per heavy atom. The summed E-state index contributed by atoms with van der Waals surface area (Å²) in [6.07, 6.45) is 7.25. The molecule has 2 aromatic rings. The molecule has 0 spiro atoms. The van der Waals surface area contributed by atoms with E-state index in [1.807, 2.05) is 12.1 Å². The van der Waals surface area contributed by atoms with Crippen molar-refractivity contribution < 1.29 is 0 Å². The number of halogens is 1. The van der Waals surface area contributed by atoms with Crippen LogP contribution in [0.4, 0.5) is 5.82 Å². The van der Waals surface area contributed by atoms with Gasteiger partial charge in [0, 0.05) is 24.0 Å². The zero-order valence-corrected chi connectivity index (χ0v) is 13.0. The predicted octanol–water partition coefficient (Wildman–Crippen LogP) is 3.89. The Kier molecular flexibility index (Phi) is 4.34. The van der Waals surface area contributed by atoms with Gasteiger partial charge in [-0.25, -0.2) is 9.97 Å². The maximum atomic E-state index is 6.24. The molecule has 21 heavy (non-hydrogen) atoms. The lowest BCUT2D eigenvalue weighted by Gasteiger charge is -2.19. The van der Waals surface area contributed by atoms with E-state index in [0.29, 0.717) is 16.5 Å². The highest BCUT2D eigenvalue weighted by atomic mass is 35.5. The molecular formula is C16H19ClN4. The molecule has 1 aliphatic carbocycles. The standard InChI is InChI=1S/C16H19ClN4/c1-2-9-19-15-11-6-3-4-8-13(11)20-16(21-15)14-12(17)7-5-10-18-14/h5,7,10H,2-4,6,8-9H2,1H3,(H,19,20,21). The van der Waals surface area contributed by atoms with E-state index in [4.69, 9.17) is 16.6 Å². The molecule has 0 atom stereocenters. The van der Waals surface area contributed by atoms with E-state index in [2.05, 4.69) is 22.2 Å². The molecule has 2 heterocycles. The molecule has 5 heteroatoms. The monoisotopic (exact) mass is 302 g/mol. The number of hydrogen-bond donors (Lipinski definition) is 1. The maximum Gasteiger partial charge on any atom is 0.181 e. The van der Waals surface area contributed by atoms with Crippen LogP contribution >= 0.6 is 11.6 Å². The van der Waals surface area contributed by atoms with Crippen molar-refractivity contribution in [1.29, 1.82) is 0 Å². The number of nitrogens with one attached hydrogen (secondary N) is 1. The number of pyridine rings is 1. The second-order valence-corrected chi connectivity index (χ2v) is 5.70. The van der Waals surface area contributed by atoms with Crippen molar-refractivity contribution in [1.82, 2.24) is 15.0 Å². The van der Waals surface area contributed by atoms with Crippen molar-refractivity contribution in [2.45, 2.75) is 39.0 Å². The van der Waals surface area contributed by atoms with Gasteiger partial charge >= 0.3 is 0 Å². The second kappa shape index (κ2) is 6.39. The molecule has 0 saturated heterocycles. The molecule has 0 saturated carbocycles. The third-order valence-electron chi connectivity index (χ3n) is 3.70. The summed E-state index contributed by atoms with van der Waals surface area (Å²) in [5, 5.41) is 4.02. The van der Waals surface area contributed by atoms with Crippen molar-refractivity contribution in [2.24, 2.45) is 0 Å². The summed E-state index contributed by atoms with van der Waals surface area (Å²) in [6, 6.07) is 3.65. The van der Waals surface area contributed by atoms with Gasteiger partial charge in [-0.05, 0) is 44.2 Å². The van der Waals surface area contributed by atoms with E-state index < -0.39 is 0 Å². The van der Waals surface area contributed by atoms with Crippen LogP contribution in [0.1, 0.15) is 37.4 Å². The first-order valence-electron chi connectivity index (χ1n) is 7.54. The molecule has 3 rings (SSSR count). The fourth-order valence-electron chi connectivity index (χ4n) is 2.64. The molecule has 110 valence electrons. The summed E-state index contributed by atoms with van der Waals surface area (Å²) in [6.45, 7) is 3.07. The Hall–Kier alpha value is -1.68. The van der Waals surface area contributed by atoms with Crippen LogP contribution < -0.4 is 5.32 Å². The van der Waals surface area contributed by atoms with E-state index in [1.54, 1.807) is 6.20 Å². The number of rotatable bonds is 4. The van der Waals surface area contributed by atoms with Crippen LogP contribution in [-0.4, -0.2) is 21.5 Å². The SMILES string of the molecule is CCCNc1nc(-c2ncccc2Cl)nc2c1CCCC2. The Morgan fingerprint density at radius 1 is 1.24 bits per heavy atom. The van der Waals surface area contributed by atoms with Crippen molar-refractivity contribution in [3.63, 3.8) is 0 Å². The van der Waals surface area contributed by atoms with Gasteiger partial charge in [0.15, 0.2) is 5.82 Å². The predicted molar refractivity (Wildman–Crippen MR) is 85.7 cm³/mol. The molecule has 4 nitrogen and oxygen atoms in total. The third-order valence-corrected chi connectivity index (χ3v) is 4.00. The molecule has 0 unspecified atom stereocenters. The Labute approximate surface area is 130 Å². The lowest BCUT2D eigenvalue weighted by molar-refractivity contribution is 0.664. The van der Waals surface area contributed by atoms with Gasteiger partial charge in [0.05, 0.1) is 5.02 Å². The van der Waals surface area contributed by atoms with E-state index in [9.17, 15) is 0 Å².